The first kappa shape index (κ1) is 12.5. The molecule has 0 aromatic carbocycles. The molecule has 3 aliphatic carbocycles. The highest BCUT2D eigenvalue weighted by molar-refractivity contribution is 5.38. The van der Waals surface area contributed by atoms with Gasteiger partial charge in [-0.2, -0.15) is 0 Å². The summed E-state index contributed by atoms with van der Waals surface area (Å²) in [6.07, 6.45) is 5.32. The van der Waals surface area contributed by atoms with E-state index in [0.29, 0.717) is 29.1 Å². The first-order valence-corrected chi connectivity index (χ1v) is 7.52. The predicted octanol–water partition coefficient (Wildman–Crippen LogP) is 3.65. The first-order valence-electron chi connectivity index (χ1n) is 7.52. The van der Waals surface area contributed by atoms with E-state index in [1.54, 1.807) is 0 Å². The van der Waals surface area contributed by atoms with Crippen molar-refractivity contribution >= 4 is 6.47 Å². The molecule has 0 aromatic heterocycles. The first-order chi connectivity index (χ1) is 8.43. The van der Waals surface area contributed by atoms with Gasteiger partial charge in [0.2, 0.25) is 0 Å². The van der Waals surface area contributed by atoms with Crippen molar-refractivity contribution < 1.29 is 9.53 Å². The van der Waals surface area contributed by atoms with Crippen molar-refractivity contribution in [2.24, 2.45) is 34.5 Å². The summed E-state index contributed by atoms with van der Waals surface area (Å²) in [5.74, 6) is 2.95. The van der Waals surface area contributed by atoms with Crippen LogP contribution >= 0.6 is 0 Å². The van der Waals surface area contributed by atoms with Gasteiger partial charge in [0.15, 0.2) is 0 Å². The Morgan fingerprint density at radius 1 is 1.28 bits per heavy atom. The molecular formula is C16H26O2. The molecule has 102 valence electrons. The van der Waals surface area contributed by atoms with E-state index in [2.05, 4.69) is 27.7 Å². The Labute approximate surface area is 110 Å². The Morgan fingerprint density at radius 2 is 2.00 bits per heavy atom. The monoisotopic (exact) mass is 250 g/mol. The molecule has 1 unspecified atom stereocenters. The molecule has 0 saturated heterocycles. The number of fused-ring (bicyclic) bond motifs is 1. The quantitative estimate of drug-likeness (QED) is 0.699. The Kier molecular flexibility index (Phi) is 2.60. The van der Waals surface area contributed by atoms with Crippen LogP contribution in [0.2, 0.25) is 0 Å². The van der Waals surface area contributed by atoms with Gasteiger partial charge in [-0.05, 0) is 54.3 Å². The van der Waals surface area contributed by atoms with Crippen LogP contribution in [-0.4, -0.2) is 12.6 Å². The summed E-state index contributed by atoms with van der Waals surface area (Å²) in [5, 5.41) is 0. The Bertz CT molecular complexity index is 362. The zero-order chi connectivity index (χ0) is 13.1. The van der Waals surface area contributed by atoms with Crippen LogP contribution in [0, 0.1) is 34.5 Å². The second-order valence-corrected chi connectivity index (χ2v) is 7.77. The molecule has 0 N–H and O–H groups in total. The zero-order valence-corrected chi connectivity index (χ0v) is 12.1. The SMILES string of the molecule is C[C@@H]1CC[C@@]23C[C@@H]1C(C)(C)[C@@H]2C(OC=O)C[C@H]3C. The van der Waals surface area contributed by atoms with E-state index in [1.165, 1.54) is 19.3 Å². The summed E-state index contributed by atoms with van der Waals surface area (Å²) >= 11 is 0. The van der Waals surface area contributed by atoms with Crippen LogP contribution in [0.25, 0.3) is 0 Å². The van der Waals surface area contributed by atoms with Gasteiger partial charge in [0.1, 0.15) is 6.10 Å². The smallest absolute Gasteiger partial charge is 0.293 e. The molecule has 2 bridgehead atoms. The van der Waals surface area contributed by atoms with E-state index in [0.717, 1.165) is 18.3 Å². The fraction of sp³-hybridized carbons (Fsp3) is 0.938. The molecular weight excluding hydrogens is 224 g/mol. The van der Waals surface area contributed by atoms with Gasteiger partial charge < -0.3 is 4.74 Å². The van der Waals surface area contributed by atoms with E-state index >= 15 is 0 Å². The molecule has 0 amide bonds. The molecule has 1 spiro atoms. The van der Waals surface area contributed by atoms with Gasteiger partial charge in [-0.25, -0.2) is 0 Å². The summed E-state index contributed by atoms with van der Waals surface area (Å²) in [6.45, 7) is 10.3. The number of ether oxygens (including phenoxy) is 1. The summed E-state index contributed by atoms with van der Waals surface area (Å²) in [6, 6.07) is 0. The highest BCUT2D eigenvalue weighted by Gasteiger charge is 2.68. The normalized spacial score (nSPS) is 53.0. The highest BCUT2D eigenvalue weighted by Crippen LogP contribution is 2.72. The van der Waals surface area contributed by atoms with E-state index < -0.39 is 0 Å². The third-order valence-electron chi connectivity index (χ3n) is 6.90. The fourth-order valence-corrected chi connectivity index (χ4v) is 6.19. The molecule has 0 aliphatic heterocycles. The maximum absolute atomic E-state index is 10.8. The number of rotatable bonds is 2. The minimum atomic E-state index is 0.169. The van der Waals surface area contributed by atoms with E-state index in [-0.39, 0.29) is 6.10 Å². The van der Waals surface area contributed by atoms with Crippen molar-refractivity contribution in [3.8, 4) is 0 Å². The molecule has 0 radical (unpaired) electrons. The van der Waals surface area contributed by atoms with Gasteiger partial charge in [-0.3, -0.25) is 4.79 Å². The highest BCUT2D eigenvalue weighted by atomic mass is 16.5. The van der Waals surface area contributed by atoms with Crippen LogP contribution in [0.1, 0.15) is 53.4 Å². The third-order valence-corrected chi connectivity index (χ3v) is 6.90. The van der Waals surface area contributed by atoms with Crippen molar-refractivity contribution in [2.75, 3.05) is 0 Å². The van der Waals surface area contributed by atoms with Crippen molar-refractivity contribution in [2.45, 2.75) is 59.5 Å². The zero-order valence-electron chi connectivity index (χ0n) is 12.1. The average Bonchev–Trinajstić information content (AvgIpc) is 2.67. The van der Waals surface area contributed by atoms with Crippen LogP contribution in [0.5, 0.6) is 0 Å². The van der Waals surface area contributed by atoms with Gasteiger partial charge in [0.25, 0.3) is 6.47 Å². The maximum atomic E-state index is 10.8. The number of hydrogen-bond acceptors (Lipinski definition) is 2. The van der Waals surface area contributed by atoms with E-state index in [9.17, 15) is 4.79 Å². The van der Waals surface area contributed by atoms with Crippen LogP contribution in [0.15, 0.2) is 0 Å². The molecule has 2 nitrogen and oxygen atoms in total. The fourth-order valence-electron chi connectivity index (χ4n) is 6.19. The minimum Gasteiger partial charge on any atom is -0.464 e. The van der Waals surface area contributed by atoms with Gasteiger partial charge in [-0.1, -0.05) is 27.7 Å². The van der Waals surface area contributed by atoms with Gasteiger partial charge in [0, 0.05) is 5.92 Å². The molecule has 6 atom stereocenters. The van der Waals surface area contributed by atoms with Crippen LogP contribution in [0.3, 0.4) is 0 Å². The van der Waals surface area contributed by atoms with Crippen molar-refractivity contribution in [1.82, 2.24) is 0 Å². The minimum absolute atomic E-state index is 0.169. The second-order valence-electron chi connectivity index (χ2n) is 7.77. The molecule has 3 saturated carbocycles. The lowest BCUT2D eigenvalue weighted by atomic mass is 9.66. The molecule has 2 heteroatoms. The summed E-state index contributed by atoms with van der Waals surface area (Å²) in [5.41, 5.74) is 0.794. The number of carbonyl (C=O) groups excluding carboxylic acids is 1. The molecule has 3 rings (SSSR count). The summed E-state index contributed by atoms with van der Waals surface area (Å²) in [4.78, 5) is 10.8. The maximum Gasteiger partial charge on any atom is 0.293 e. The lowest BCUT2D eigenvalue weighted by Gasteiger charge is -2.39. The van der Waals surface area contributed by atoms with E-state index in [1.807, 2.05) is 0 Å². The van der Waals surface area contributed by atoms with Crippen molar-refractivity contribution in [3.05, 3.63) is 0 Å². The molecule has 18 heavy (non-hydrogen) atoms. The van der Waals surface area contributed by atoms with Gasteiger partial charge in [0.05, 0.1) is 0 Å². The third kappa shape index (κ3) is 1.32. The summed E-state index contributed by atoms with van der Waals surface area (Å²) in [7, 11) is 0. The lowest BCUT2D eigenvalue weighted by molar-refractivity contribution is -0.138. The largest absolute Gasteiger partial charge is 0.464 e. The number of hydrogen-bond donors (Lipinski definition) is 0. The predicted molar refractivity (Wildman–Crippen MR) is 70.9 cm³/mol. The van der Waals surface area contributed by atoms with Crippen molar-refractivity contribution in [1.29, 1.82) is 0 Å². The molecule has 0 aromatic rings. The molecule has 3 aliphatic rings. The Balaban J connectivity index is 2.02. The second kappa shape index (κ2) is 3.74. The van der Waals surface area contributed by atoms with E-state index in [4.69, 9.17) is 4.74 Å². The lowest BCUT2D eigenvalue weighted by Crippen LogP contribution is -2.36. The molecule has 0 heterocycles. The van der Waals surface area contributed by atoms with Crippen LogP contribution in [0.4, 0.5) is 0 Å². The Hall–Kier alpha value is -0.530. The van der Waals surface area contributed by atoms with Gasteiger partial charge >= 0.3 is 0 Å². The van der Waals surface area contributed by atoms with Crippen LogP contribution in [-0.2, 0) is 9.53 Å². The van der Waals surface area contributed by atoms with Crippen LogP contribution < -0.4 is 0 Å². The standard InChI is InChI=1S/C16H26O2/c1-10-5-6-16-8-12(10)15(3,4)14(16)13(18-9-17)7-11(16)2/h9-14H,5-8H2,1-4H3/t10-,11-,12+,13?,14+,16+/m1/s1. The topological polar surface area (TPSA) is 26.3 Å². The average molecular weight is 250 g/mol. The number of carbonyl (C=O) groups is 1. The summed E-state index contributed by atoms with van der Waals surface area (Å²) < 4.78 is 5.48. The van der Waals surface area contributed by atoms with Gasteiger partial charge in [-0.15, -0.1) is 0 Å². The Morgan fingerprint density at radius 3 is 2.67 bits per heavy atom. The van der Waals surface area contributed by atoms with Crippen molar-refractivity contribution in [3.63, 3.8) is 0 Å². The molecule has 3 fully saturated rings.